The minimum Gasteiger partial charge on any atom is -0.361 e. The number of aryl methyl sites for hydroxylation is 1. The van der Waals surface area contributed by atoms with Gasteiger partial charge in [-0.2, -0.15) is 5.10 Å². The molecule has 0 unspecified atom stereocenters. The molecule has 0 aliphatic carbocycles. The SMILES string of the molecule is c1n[nH]c(CCCNCc2ccc3[nH]ccc3c2)n1. The van der Waals surface area contributed by atoms with Crippen LogP contribution in [0.15, 0.2) is 36.8 Å². The van der Waals surface area contributed by atoms with Crippen LogP contribution in [0.5, 0.6) is 0 Å². The van der Waals surface area contributed by atoms with Crippen molar-refractivity contribution >= 4 is 10.9 Å². The topological polar surface area (TPSA) is 69.4 Å². The van der Waals surface area contributed by atoms with Gasteiger partial charge in [0, 0.05) is 24.7 Å². The third-order valence-corrected chi connectivity index (χ3v) is 3.18. The number of nitrogens with one attached hydrogen (secondary N) is 3. The maximum absolute atomic E-state index is 4.10. The van der Waals surface area contributed by atoms with Gasteiger partial charge in [-0.25, -0.2) is 4.98 Å². The number of H-pyrrole nitrogens is 2. The van der Waals surface area contributed by atoms with Crippen LogP contribution in [0.3, 0.4) is 0 Å². The summed E-state index contributed by atoms with van der Waals surface area (Å²) in [6.07, 6.45) is 5.51. The Bertz CT molecular complexity index is 626. The van der Waals surface area contributed by atoms with Gasteiger partial charge in [-0.3, -0.25) is 5.10 Å². The van der Waals surface area contributed by atoms with E-state index in [0.29, 0.717) is 0 Å². The molecule has 98 valence electrons. The summed E-state index contributed by atoms with van der Waals surface area (Å²) >= 11 is 0. The van der Waals surface area contributed by atoms with Crippen LogP contribution in [0, 0.1) is 0 Å². The molecule has 5 heteroatoms. The first-order valence-corrected chi connectivity index (χ1v) is 6.53. The number of hydrogen-bond acceptors (Lipinski definition) is 3. The molecule has 0 radical (unpaired) electrons. The van der Waals surface area contributed by atoms with Gasteiger partial charge in [0.25, 0.3) is 0 Å². The molecule has 0 spiro atoms. The first kappa shape index (κ1) is 11.9. The van der Waals surface area contributed by atoms with E-state index in [0.717, 1.165) is 31.8 Å². The van der Waals surface area contributed by atoms with E-state index in [1.807, 2.05) is 6.20 Å². The molecule has 0 saturated carbocycles. The van der Waals surface area contributed by atoms with Gasteiger partial charge < -0.3 is 10.3 Å². The third-order valence-electron chi connectivity index (χ3n) is 3.18. The zero-order valence-corrected chi connectivity index (χ0v) is 10.7. The van der Waals surface area contributed by atoms with E-state index in [-0.39, 0.29) is 0 Å². The number of hydrogen-bond donors (Lipinski definition) is 3. The van der Waals surface area contributed by atoms with Crippen LogP contribution in [-0.4, -0.2) is 26.7 Å². The normalized spacial score (nSPS) is 11.2. The van der Waals surface area contributed by atoms with Crippen LogP contribution in [0.25, 0.3) is 10.9 Å². The van der Waals surface area contributed by atoms with Crippen molar-refractivity contribution in [2.45, 2.75) is 19.4 Å². The van der Waals surface area contributed by atoms with Crippen molar-refractivity contribution in [3.05, 3.63) is 48.2 Å². The first-order chi connectivity index (χ1) is 9.42. The van der Waals surface area contributed by atoms with Crippen LogP contribution >= 0.6 is 0 Å². The largest absolute Gasteiger partial charge is 0.361 e. The average molecular weight is 255 g/mol. The molecule has 1 aromatic carbocycles. The molecule has 0 saturated heterocycles. The fraction of sp³-hybridized carbons (Fsp3) is 0.286. The molecule has 0 atom stereocenters. The molecule has 3 rings (SSSR count). The second-order valence-corrected chi connectivity index (χ2v) is 4.61. The quantitative estimate of drug-likeness (QED) is 0.590. The predicted octanol–water partition coefficient (Wildman–Crippen LogP) is 2.01. The molecular formula is C14H17N5. The lowest BCUT2D eigenvalue weighted by atomic mass is 10.1. The van der Waals surface area contributed by atoms with Gasteiger partial charge in [-0.1, -0.05) is 6.07 Å². The maximum Gasteiger partial charge on any atom is 0.137 e. The van der Waals surface area contributed by atoms with Gasteiger partial charge >= 0.3 is 0 Å². The summed E-state index contributed by atoms with van der Waals surface area (Å²) in [5, 5.41) is 11.4. The first-order valence-electron chi connectivity index (χ1n) is 6.53. The molecule has 0 amide bonds. The maximum atomic E-state index is 4.10. The number of nitrogens with zero attached hydrogens (tertiary/aromatic N) is 2. The Balaban J connectivity index is 1.44. The van der Waals surface area contributed by atoms with Crippen molar-refractivity contribution < 1.29 is 0 Å². The fourth-order valence-electron chi connectivity index (χ4n) is 2.18. The van der Waals surface area contributed by atoms with Crippen molar-refractivity contribution in [3.63, 3.8) is 0 Å². The van der Waals surface area contributed by atoms with E-state index in [4.69, 9.17) is 0 Å². The molecular weight excluding hydrogens is 238 g/mol. The summed E-state index contributed by atoms with van der Waals surface area (Å²) < 4.78 is 0. The molecule has 19 heavy (non-hydrogen) atoms. The molecule has 0 aliphatic rings. The number of benzene rings is 1. The molecule has 3 aromatic rings. The van der Waals surface area contributed by atoms with Gasteiger partial charge in [-0.15, -0.1) is 0 Å². The van der Waals surface area contributed by atoms with Crippen LogP contribution in [0.1, 0.15) is 17.8 Å². The molecule has 3 N–H and O–H groups in total. The van der Waals surface area contributed by atoms with E-state index >= 15 is 0 Å². The lowest BCUT2D eigenvalue weighted by molar-refractivity contribution is 0.640. The Hall–Kier alpha value is -2.14. The van der Waals surface area contributed by atoms with Gasteiger partial charge in [0.1, 0.15) is 12.2 Å². The zero-order chi connectivity index (χ0) is 12.9. The van der Waals surface area contributed by atoms with E-state index in [1.165, 1.54) is 16.5 Å². The zero-order valence-electron chi connectivity index (χ0n) is 10.7. The number of aromatic amines is 2. The fourth-order valence-corrected chi connectivity index (χ4v) is 2.18. The minimum atomic E-state index is 0.900. The Morgan fingerprint density at radius 2 is 2.21 bits per heavy atom. The summed E-state index contributed by atoms with van der Waals surface area (Å²) in [7, 11) is 0. The second kappa shape index (κ2) is 5.67. The lowest BCUT2D eigenvalue weighted by Gasteiger charge is -2.04. The van der Waals surface area contributed by atoms with Gasteiger partial charge in [0.2, 0.25) is 0 Å². The third kappa shape index (κ3) is 3.00. The molecule has 0 fully saturated rings. The average Bonchev–Trinajstić information content (AvgIpc) is 3.08. The van der Waals surface area contributed by atoms with Crippen LogP contribution < -0.4 is 5.32 Å². The van der Waals surface area contributed by atoms with Crippen LogP contribution in [0.2, 0.25) is 0 Å². The van der Waals surface area contributed by atoms with Gasteiger partial charge in [-0.05, 0) is 42.1 Å². The van der Waals surface area contributed by atoms with Crippen LogP contribution in [0.4, 0.5) is 0 Å². The van der Waals surface area contributed by atoms with Gasteiger partial charge in [0.15, 0.2) is 0 Å². The van der Waals surface area contributed by atoms with E-state index in [9.17, 15) is 0 Å². The Morgan fingerprint density at radius 1 is 1.21 bits per heavy atom. The highest BCUT2D eigenvalue weighted by Crippen LogP contribution is 2.13. The number of rotatable bonds is 6. The van der Waals surface area contributed by atoms with E-state index < -0.39 is 0 Å². The predicted molar refractivity (Wildman–Crippen MR) is 74.7 cm³/mol. The number of aromatic nitrogens is 4. The van der Waals surface area contributed by atoms with Crippen molar-refractivity contribution in [3.8, 4) is 0 Å². The Labute approximate surface area is 111 Å². The summed E-state index contributed by atoms with van der Waals surface area (Å²) in [5.74, 6) is 0.954. The monoisotopic (exact) mass is 255 g/mol. The molecule has 0 aliphatic heterocycles. The Morgan fingerprint density at radius 3 is 3.11 bits per heavy atom. The van der Waals surface area contributed by atoms with Gasteiger partial charge in [0.05, 0.1) is 0 Å². The smallest absolute Gasteiger partial charge is 0.137 e. The summed E-state index contributed by atoms with van der Waals surface area (Å²) in [5.41, 5.74) is 2.50. The lowest BCUT2D eigenvalue weighted by Crippen LogP contribution is -2.15. The number of fused-ring (bicyclic) bond motifs is 1. The standard InChI is InChI=1S/C14H17N5/c1(2-14-17-10-18-19-14)6-15-9-11-3-4-13-12(8-11)5-7-16-13/h3-5,7-8,10,15-16H,1-2,6,9H2,(H,17,18,19). The van der Waals surface area contributed by atoms with Crippen LogP contribution in [-0.2, 0) is 13.0 Å². The van der Waals surface area contributed by atoms with Crippen molar-refractivity contribution in [2.75, 3.05) is 6.54 Å². The molecule has 2 heterocycles. The Kier molecular flexibility index (Phi) is 3.56. The molecule has 5 nitrogen and oxygen atoms in total. The minimum absolute atomic E-state index is 0.900. The summed E-state index contributed by atoms with van der Waals surface area (Å²) in [4.78, 5) is 7.30. The second-order valence-electron chi connectivity index (χ2n) is 4.61. The van der Waals surface area contributed by atoms with Crippen molar-refractivity contribution in [2.24, 2.45) is 0 Å². The highest BCUT2D eigenvalue weighted by atomic mass is 15.2. The molecule has 0 bridgehead atoms. The van der Waals surface area contributed by atoms with E-state index in [1.54, 1.807) is 6.33 Å². The van der Waals surface area contributed by atoms with Crippen molar-refractivity contribution in [1.82, 2.24) is 25.5 Å². The highest BCUT2D eigenvalue weighted by Gasteiger charge is 1.98. The van der Waals surface area contributed by atoms with Crippen molar-refractivity contribution in [1.29, 1.82) is 0 Å². The highest BCUT2D eigenvalue weighted by molar-refractivity contribution is 5.79. The molecule has 2 aromatic heterocycles. The van der Waals surface area contributed by atoms with E-state index in [2.05, 4.69) is 49.7 Å². The summed E-state index contributed by atoms with van der Waals surface area (Å²) in [6, 6.07) is 8.60. The summed E-state index contributed by atoms with van der Waals surface area (Å²) in [6.45, 7) is 1.88.